The largest absolute Gasteiger partial charge is 0.492 e. The van der Waals surface area contributed by atoms with E-state index >= 15 is 0 Å². The molecular formula is C23H25N3O6S. The quantitative estimate of drug-likeness (QED) is 0.170. The maximum Gasteiger partial charge on any atom is 0.307 e. The number of hydrogen-bond acceptors (Lipinski definition) is 8. The van der Waals surface area contributed by atoms with Crippen molar-refractivity contribution >= 4 is 33.9 Å². The highest BCUT2D eigenvalue weighted by Crippen LogP contribution is 2.26. The molecule has 0 saturated carbocycles. The summed E-state index contributed by atoms with van der Waals surface area (Å²) in [5.74, 6) is 1.28. The van der Waals surface area contributed by atoms with E-state index in [1.807, 2.05) is 18.2 Å². The van der Waals surface area contributed by atoms with E-state index in [9.17, 15) is 9.59 Å². The minimum absolute atomic E-state index is 0.202. The lowest BCUT2D eigenvalue weighted by Gasteiger charge is -2.23. The van der Waals surface area contributed by atoms with Crippen molar-refractivity contribution in [2.75, 3.05) is 26.2 Å². The van der Waals surface area contributed by atoms with E-state index in [0.29, 0.717) is 22.8 Å². The second kappa shape index (κ2) is 11.1. The van der Waals surface area contributed by atoms with Gasteiger partial charge in [0.2, 0.25) is 0 Å². The van der Waals surface area contributed by atoms with Gasteiger partial charge in [0, 0.05) is 10.3 Å². The Bertz CT molecular complexity index is 1100. The summed E-state index contributed by atoms with van der Waals surface area (Å²) in [7, 11) is 0. The van der Waals surface area contributed by atoms with Crippen LogP contribution in [-0.2, 0) is 0 Å². The number of ether oxygens (including phenoxy) is 2. The van der Waals surface area contributed by atoms with Gasteiger partial charge in [0.05, 0.1) is 6.54 Å². The fourth-order valence-corrected chi connectivity index (χ4v) is 4.00. The lowest BCUT2D eigenvalue weighted by atomic mass is 10.1. The average molecular weight is 472 g/mol. The van der Waals surface area contributed by atoms with Gasteiger partial charge in [-0.3, -0.25) is 14.8 Å². The van der Waals surface area contributed by atoms with Crippen LogP contribution in [0.2, 0.25) is 0 Å². The highest BCUT2D eigenvalue weighted by molar-refractivity contribution is 8.13. The van der Waals surface area contributed by atoms with Crippen LogP contribution in [0.15, 0.2) is 57.8 Å². The van der Waals surface area contributed by atoms with Crippen molar-refractivity contribution in [1.29, 1.82) is 0 Å². The van der Waals surface area contributed by atoms with Gasteiger partial charge < -0.3 is 24.5 Å². The number of carbonyl (C=O) groups is 2. The molecule has 0 atom stereocenters. The average Bonchev–Trinajstić information content (AvgIpc) is 3.27. The molecule has 2 amide bonds. The maximum absolute atomic E-state index is 12.4. The zero-order valence-electron chi connectivity index (χ0n) is 17.8. The molecule has 33 heavy (non-hydrogen) atoms. The summed E-state index contributed by atoms with van der Waals surface area (Å²) in [5, 5.41) is 14.9. The molecule has 174 valence electrons. The van der Waals surface area contributed by atoms with Gasteiger partial charge in [0.15, 0.2) is 5.76 Å². The molecule has 10 heteroatoms. The van der Waals surface area contributed by atoms with E-state index < -0.39 is 5.24 Å². The van der Waals surface area contributed by atoms with Crippen LogP contribution in [0.25, 0.3) is 11.0 Å². The van der Waals surface area contributed by atoms with E-state index in [1.165, 1.54) is 0 Å². The first-order chi connectivity index (χ1) is 16.1. The molecule has 1 aliphatic rings. The van der Waals surface area contributed by atoms with Crippen LogP contribution >= 0.6 is 11.8 Å². The SMILES string of the molecule is O=C(NO)Sc1ccc(OCCNC(=O)c2cc3cc(OC4CCNCC4)ccc3o2)cc1. The number of hydroxylamine groups is 1. The summed E-state index contributed by atoms with van der Waals surface area (Å²) in [6.45, 7) is 2.48. The predicted molar refractivity (Wildman–Crippen MR) is 123 cm³/mol. The lowest BCUT2D eigenvalue weighted by Crippen LogP contribution is -2.34. The van der Waals surface area contributed by atoms with Crippen molar-refractivity contribution in [3.8, 4) is 11.5 Å². The van der Waals surface area contributed by atoms with Crippen LogP contribution in [0.3, 0.4) is 0 Å². The molecule has 2 aromatic carbocycles. The molecule has 0 spiro atoms. The standard InChI is InChI=1S/C23H25N3O6S/c27-22(25-11-12-30-16-1-4-19(5-2-16)33-23(28)26-29)21-14-15-13-18(3-6-20(15)32-21)31-17-7-9-24-10-8-17/h1-6,13-14,17,24,29H,7-12H2,(H,25,27)(H,26,28). The molecule has 4 rings (SSSR count). The molecule has 9 nitrogen and oxygen atoms in total. The van der Waals surface area contributed by atoms with Gasteiger partial charge >= 0.3 is 5.24 Å². The Morgan fingerprint density at radius 3 is 2.61 bits per heavy atom. The van der Waals surface area contributed by atoms with Crippen LogP contribution in [0, 0.1) is 0 Å². The Morgan fingerprint density at radius 2 is 1.85 bits per heavy atom. The number of benzene rings is 2. The van der Waals surface area contributed by atoms with Gasteiger partial charge in [0.25, 0.3) is 5.91 Å². The molecule has 2 heterocycles. The Hall–Kier alpha value is -3.21. The highest BCUT2D eigenvalue weighted by atomic mass is 32.2. The van der Waals surface area contributed by atoms with Crippen molar-refractivity contribution in [2.24, 2.45) is 0 Å². The summed E-state index contributed by atoms with van der Waals surface area (Å²) in [5.41, 5.74) is 2.18. The van der Waals surface area contributed by atoms with Gasteiger partial charge in [-0.25, -0.2) is 5.48 Å². The molecule has 0 bridgehead atoms. The van der Waals surface area contributed by atoms with Crippen molar-refractivity contribution in [1.82, 2.24) is 16.1 Å². The highest BCUT2D eigenvalue weighted by Gasteiger charge is 2.16. The number of furan rings is 1. The normalized spacial score (nSPS) is 14.1. The molecule has 0 unspecified atom stereocenters. The molecular weight excluding hydrogens is 446 g/mol. The number of hydrogen-bond donors (Lipinski definition) is 4. The fourth-order valence-electron chi connectivity index (χ4n) is 3.47. The van der Waals surface area contributed by atoms with Gasteiger partial charge in [-0.05, 0) is 86.2 Å². The number of thioether (sulfide) groups is 1. The van der Waals surface area contributed by atoms with Gasteiger partial charge in [-0.2, -0.15) is 0 Å². The lowest BCUT2D eigenvalue weighted by molar-refractivity contribution is 0.0921. The summed E-state index contributed by atoms with van der Waals surface area (Å²) in [6, 6.07) is 14.1. The van der Waals surface area contributed by atoms with Gasteiger partial charge in [-0.1, -0.05) is 0 Å². The maximum atomic E-state index is 12.4. The minimum Gasteiger partial charge on any atom is -0.492 e. The number of amides is 2. The fraction of sp³-hybridized carbons (Fsp3) is 0.304. The van der Waals surface area contributed by atoms with Crippen molar-refractivity contribution < 1.29 is 28.7 Å². The van der Waals surface area contributed by atoms with Crippen LogP contribution in [0.4, 0.5) is 4.79 Å². The molecule has 1 aromatic heterocycles. The van der Waals surface area contributed by atoms with Crippen LogP contribution in [0.5, 0.6) is 11.5 Å². The summed E-state index contributed by atoms with van der Waals surface area (Å²) < 4.78 is 17.3. The smallest absolute Gasteiger partial charge is 0.307 e. The Morgan fingerprint density at radius 1 is 1.09 bits per heavy atom. The molecule has 0 radical (unpaired) electrons. The molecule has 0 aliphatic carbocycles. The zero-order valence-corrected chi connectivity index (χ0v) is 18.7. The van der Waals surface area contributed by atoms with E-state index in [2.05, 4.69) is 10.6 Å². The Kier molecular flexibility index (Phi) is 7.71. The van der Waals surface area contributed by atoms with Crippen LogP contribution in [-0.4, -0.2) is 48.7 Å². The van der Waals surface area contributed by atoms with E-state index in [-0.39, 0.29) is 24.4 Å². The topological polar surface area (TPSA) is 122 Å². The van der Waals surface area contributed by atoms with E-state index in [0.717, 1.165) is 48.8 Å². The summed E-state index contributed by atoms with van der Waals surface area (Å²) in [4.78, 5) is 24.2. The summed E-state index contributed by atoms with van der Waals surface area (Å²) >= 11 is 0.860. The Balaban J connectivity index is 1.25. The zero-order chi connectivity index (χ0) is 23.0. The third-order valence-corrected chi connectivity index (χ3v) is 5.87. The summed E-state index contributed by atoms with van der Waals surface area (Å²) in [6.07, 6.45) is 2.15. The number of nitrogens with one attached hydrogen (secondary N) is 3. The first-order valence-corrected chi connectivity index (χ1v) is 11.5. The number of piperidine rings is 1. The van der Waals surface area contributed by atoms with Crippen molar-refractivity contribution in [3.63, 3.8) is 0 Å². The van der Waals surface area contributed by atoms with Crippen molar-refractivity contribution in [3.05, 3.63) is 54.3 Å². The third kappa shape index (κ3) is 6.41. The van der Waals surface area contributed by atoms with Gasteiger partial charge in [-0.15, -0.1) is 0 Å². The molecule has 3 aromatic rings. The molecule has 1 fully saturated rings. The Labute approximate surface area is 194 Å². The number of carbonyl (C=O) groups excluding carboxylic acids is 2. The van der Waals surface area contributed by atoms with Crippen molar-refractivity contribution in [2.45, 2.75) is 23.8 Å². The van der Waals surface area contributed by atoms with Crippen LogP contribution < -0.4 is 25.6 Å². The number of rotatable bonds is 8. The predicted octanol–water partition coefficient (Wildman–Crippen LogP) is 3.56. The molecule has 4 N–H and O–H groups in total. The third-order valence-electron chi connectivity index (χ3n) is 5.08. The van der Waals surface area contributed by atoms with E-state index in [1.54, 1.807) is 35.8 Å². The van der Waals surface area contributed by atoms with Gasteiger partial charge in [0.1, 0.15) is 29.8 Å². The monoisotopic (exact) mass is 471 g/mol. The minimum atomic E-state index is -0.567. The van der Waals surface area contributed by atoms with E-state index in [4.69, 9.17) is 19.1 Å². The van der Waals surface area contributed by atoms with Crippen LogP contribution in [0.1, 0.15) is 23.4 Å². The number of fused-ring (bicyclic) bond motifs is 1. The first kappa shape index (κ1) is 23.0. The first-order valence-electron chi connectivity index (χ1n) is 10.6. The second-order valence-electron chi connectivity index (χ2n) is 7.45. The second-order valence-corrected chi connectivity index (χ2v) is 8.50. The molecule has 1 saturated heterocycles. The molecule has 1 aliphatic heterocycles.